The van der Waals surface area contributed by atoms with Gasteiger partial charge < -0.3 is 4.90 Å². The van der Waals surface area contributed by atoms with Crippen LogP contribution in [0.1, 0.15) is 60.8 Å². The van der Waals surface area contributed by atoms with E-state index in [-0.39, 0.29) is 12.2 Å². The van der Waals surface area contributed by atoms with Gasteiger partial charge in [-0.2, -0.15) is 0 Å². The van der Waals surface area contributed by atoms with Crippen molar-refractivity contribution >= 4 is 5.91 Å². The SMILES string of the molecule is CCCC1NC(CC)N(CCN(C(C)C)C(C)C)C1=O. The molecule has 0 aromatic heterocycles. The van der Waals surface area contributed by atoms with Crippen molar-refractivity contribution in [2.24, 2.45) is 0 Å². The third kappa shape index (κ3) is 4.19. The van der Waals surface area contributed by atoms with Crippen molar-refractivity contribution in [2.45, 2.75) is 85.1 Å². The third-order valence-corrected chi connectivity index (χ3v) is 4.24. The van der Waals surface area contributed by atoms with Crippen molar-refractivity contribution in [2.75, 3.05) is 13.1 Å². The summed E-state index contributed by atoms with van der Waals surface area (Å²) in [6.07, 6.45) is 3.21. The number of amides is 1. The number of rotatable bonds is 8. The van der Waals surface area contributed by atoms with Crippen LogP contribution < -0.4 is 5.32 Å². The molecule has 1 rings (SSSR count). The van der Waals surface area contributed by atoms with E-state index in [1.807, 2.05) is 0 Å². The molecule has 1 aliphatic heterocycles. The molecule has 4 nitrogen and oxygen atoms in total. The van der Waals surface area contributed by atoms with Crippen molar-refractivity contribution in [3.63, 3.8) is 0 Å². The summed E-state index contributed by atoms with van der Waals surface area (Å²) in [5.74, 6) is 0.297. The van der Waals surface area contributed by atoms with Crippen molar-refractivity contribution in [1.82, 2.24) is 15.1 Å². The Morgan fingerprint density at radius 1 is 1.20 bits per heavy atom. The molecule has 2 atom stereocenters. The van der Waals surface area contributed by atoms with Crippen LogP contribution in [0.15, 0.2) is 0 Å². The summed E-state index contributed by atoms with van der Waals surface area (Å²) >= 11 is 0. The number of carbonyl (C=O) groups excluding carboxylic acids is 1. The van der Waals surface area contributed by atoms with Crippen LogP contribution in [0.5, 0.6) is 0 Å². The van der Waals surface area contributed by atoms with Gasteiger partial charge in [0.25, 0.3) is 0 Å². The van der Waals surface area contributed by atoms with Gasteiger partial charge in [-0.15, -0.1) is 0 Å². The molecule has 0 bridgehead atoms. The fourth-order valence-electron chi connectivity index (χ4n) is 3.18. The minimum atomic E-state index is 0.0384. The van der Waals surface area contributed by atoms with Crippen molar-refractivity contribution in [3.05, 3.63) is 0 Å². The second-order valence-corrected chi connectivity index (χ2v) is 6.39. The maximum absolute atomic E-state index is 12.5. The first-order valence-corrected chi connectivity index (χ1v) is 8.24. The topological polar surface area (TPSA) is 35.6 Å². The van der Waals surface area contributed by atoms with Crippen molar-refractivity contribution in [3.8, 4) is 0 Å². The van der Waals surface area contributed by atoms with Crippen LogP contribution in [-0.4, -0.2) is 53.1 Å². The van der Waals surface area contributed by atoms with Crippen LogP contribution in [-0.2, 0) is 4.79 Å². The summed E-state index contributed by atoms with van der Waals surface area (Å²) in [6.45, 7) is 15.0. The van der Waals surface area contributed by atoms with E-state index >= 15 is 0 Å². The lowest BCUT2D eigenvalue weighted by Gasteiger charge is -2.33. The van der Waals surface area contributed by atoms with Gasteiger partial charge in [-0.05, 0) is 40.5 Å². The van der Waals surface area contributed by atoms with E-state index in [2.05, 4.69) is 56.7 Å². The van der Waals surface area contributed by atoms with Gasteiger partial charge in [0.05, 0.1) is 12.2 Å². The van der Waals surface area contributed by atoms with Crippen LogP contribution >= 0.6 is 0 Å². The number of nitrogens with one attached hydrogen (secondary N) is 1. The van der Waals surface area contributed by atoms with Crippen molar-refractivity contribution < 1.29 is 4.79 Å². The first-order chi connectivity index (χ1) is 9.42. The van der Waals surface area contributed by atoms with Crippen LogP contribution in [0.25, 0.3) is 0 Å². The monoisotopic (exact) mass is 283 g/mol. The van der Waals surface area contributed by atoms with E-state index in [4.69, 9.17) is 0 Å². The Morgan fingerprint density at radius 2 is 1.80 bits per heavy atom. The number of hydrogen-bond donors (Lipinski definition) is 1. The van der Waals surface area contributed by atoms with E-state index in [9.17, 15) is 4.79 Å². The number of carbonyl (C=O) groups is 1. The van der Waals surface area contributed by atoms with Gasteiger partial charge in [0.1, 0.15) is 0 Å². The Bertz CT molecular complexity index is 296. The van der Waals surface area contributed by atoms with Gasteiger partial charge in [0, 0.05) is 25.2 Å². The maximum atomic E-state index is 12.5. The predicted molar refractivity (Wildman–Crippen MR) is 84.6 cm³/mol. The standard InChI is InChI=1S/C16H33N3O/c1-7-9-14-16(20)19(15(8-2)17-14)11-10-18(12(3)4)13(5)6/h12-15,17H,7-11H2,1-6H3. The molecule has 1 N–H and O–H groups in total. The van der Waals surface area contributed by atoms with Crippen LogP contribution in [0, 0.1) is 0 Å². The molecule has 0 radical (unpaired) electrons. The van der Waals surface area contributed by atoms with Crippen molar-refractivity contribution in [1.29, 1.82) is 0 Å². The molecule has 1 heterocycles. The molecular formula is C16H33N3O. The highest BCUT2D eigenvalue weighted by molar-refractivity contribution is 5.84. The molecule has 0 saturated carbocycles. The summed E-state index contributed by atoms with van der Waals surface area (Å²) in [4.78, 5) is 17.0. The fraction of sp³-hybridized carbons (Fsp3) is 0.938. The molecule has 1 amide bonds. The smallest absolute Gasteiger partial charge is 0.241 e. The number of hydrogen-bond acceptors (Lipinski definition) is 3. The summed E-state index contributed by atoms with van der Waals surface area (Å²) in [5, 5.41) is 3.48. The highest BCUT2D eigenvalue weighted by Crippen LogP contribution is 2.17. The molecule has 0 aromatic carbocycles. The highest BCUT2D eigenvalue weighted by atomic mass is 16.2. The maximum Gasteiger partial charge on any atom is 0.241 e. The quantitative estimate of drug-likeness (QED) is 0.743. The minimum absolute atomic E-state index is 0.0384. The molecule has 20 heavy (non-hydrogen) atoms. The van der Waals surface area contributed by atoms with E-state index < -0.39 is 0 Å². The molecular weight excluding hydrogens is 250 g/mol. The summed E-state index contributed by atoms with van der Waals surface area (Å²) in [7, 11) is 0. The summed E-state index contributed by atoms with van der Waals surface area (Å²) < 4.78 is 0. The zero-order valence-corrected chi connectivity index (χ0v) is 14.1. The highest BCUT2D eigenvalue weighted by Gasteiger charge is 2.37. The Kier molecular flexibility index (Phi) is 6.96. The van der Waals surface area contributed by atoms with Gasteiger partial charge in [-0.1, -0.05) is 20.3 Å². The summed E-state index contributed by atoms with van der Waals surface area (Å²) in [5.41, 5.74) is 0. The second kappa shape index (κ2) is 7.99. The van der Waals surface area contributed by atoms with Crippen LogP contribution in [0.2, 0.25) is 0 Å². The van der Waals surface area contributed by atoms with Gasteiger partial charge in [0.2, 0.25) is 5.91 Å². The van der Waals surface area contributed by atoms with E-state index in [0.29, 0.717) is 18.0 Å². The molecule has 1 aliphatic rings. The van der Waals surface area contributed by atoms with Crippen LogP contribution in [0.4, 0.5) is 0 Å². The van der Waals surface area contributed by atoms with Gasteiger partial charge in [0.15, 0.2) is 0 Å². The Labute approximate surface area is 124 Å². The Hall–Kier alpha value is -0.610. The second-order valence-electron chi connectivity index (χ2n) is 6.39. The lowest BCUT2D eigenvalue weighted by molar-refractivity contribution is -0.130. The molecule has 1 saturated heterocycles. The molecule has 4 heteroatoms. The first-order valence-electron chi connectivity index (χ1n) is 8.24. The minimum Gasteiger partial charge on any atom is -0.325 e. The van der Waals surface area contributed by atoms with Gasteiger partial charge in [-0.3, -0.25) is 15.0 Å². The Morgan fingerprint density at radius 3 is 2.25 bits per heavy atom. The zero-order valence-electron chi connectivity index (χ0n) is 14.1. The lowest BCUT2D eigenvalue weighted by Crippen LogP contribution is -2.46. The largest absolute Gasteiger partial charge is 0.325 e. The normalized spacial score (nSPS) is 23.6. The molecule has 2 unspecified atom stereocenters. The first kappa shape index (κ1) is 17.4. The average molecular weight is 283 g/mol. The number of nitrogens with zero attached hydrogens (tertiary/aromatic N) is 2. The van der Waals surface area contributed by atoms with Gasteiger partial charge >= 0.3 is 0 Å². The predicted octanol–water partition coefficient (Wildman–Crippen LogP) is 2.44. The van der Waals surface area contributed by atoms with E-state index in [1.54, 1.807) is 0 Å². The van der Waals surface area contributed by atoms with E-state index in [1.165, 1.54) is 0 Å². The third-order valence-electron chi connectivity index (χ3n) is 4.24. The molecule has 1 fully saturated rings. The summed E-state index contributed by atoms with van der Waals surface area (Å²) in [6, 6.07) is 1.08. The lowest BCUT2D eigenvalue weighted by atomic mass is 10.1. The molecule has 0 aliphatic carbocycles. The van der Waals surface area contributed by atoms with E-state index in [0.717, 1.165) is 32.4 Å². The molecule has 0 aromatic rings. The zero-order chi connectivity index (χ0) is 15.3. The fourth-order valence-corrected chi connectivity index (χ4v) is 3.18. The molecule has 118 valence electrons. The molecule has 0 spiro atoms. The van der Waals surface area contributed by atoms with Crippen LogP contribution in [0.3, 0.4) is 0 Å². The Balaban J connectivity index is 2.62. The average Bonchev–Trinajstić information content (AvgIpc) is 2.67. The van der Waals surface area contributed by atoms with Gasteiger partial charge in [-0.25, -0.2) is 0 Å².